The Balaban J connectivity index is 2.11. The van der Waals surface area contributed by atoms with Gasteiger partial charge in [0.25, 0.3) is 5.91 Å². The predicted molar refractivity (Wildman–Crippen MR) is 84.5 cm³/mol. The monoisotopic (exact) mass is 308 g/mol. The van der Waals surface area contributed by atoms with Crippen LogP contribution in [0.15, 0.2) is 18.2 Å². The van der Waals surface area contributed by atoms with E-state index in [0.29, 0.717) is 19.1 Å². The predicted octanol–water partition coefficient (Wildman–Crippen LogP) is 2.86. The Bertz CT molecular complexity index is 501. The van der Waals surface area contributed by atoms with Crippen LogP contribution in [0.2, 0.25) is 0 Å². The van der Waals surface area contributed by atoms with Gasteiger partial charge in [0, 0.05) is 12.6 Å². The maximum absolute atomic E-state index is 13.8. The largest absolute Gasteiger partial charge is 0.490 e. The van der Waals surface area contributed by atoms with Crippen LogP contribution >= 0.6 is 0 Å². The number of benzene rings is 1. The summed E-state index contributed by atoms with van der Waals surface area (Å²) in [6.07, 6.45) is 5.79. The van der Waals surface area contributed by atoms with Crippen LogP contribution in [-0.4, -0.2) is 25.1 Å². The van der Waals surface area contributed by atoms with E-state index >= 15 is 0 Å². The van der Waals surface area contributed by atoms with Crippen LogP contribution in [0.1, 0.15) is 49.4 Å². The van der Waals surface area contributed by atoms with Crippen LogP contribution in [0.3, 0.4) is 0 Å². The number of carbonyl (C=O) groups excluding carboxylic acids is 1. The van der Waals surface area contributed by atoms with E-state index in [1.165, 1.54) is 31.4 Å². The molecule has 0 radical (unpaired) electrons. The lowest BCUT2D eigenvalue weighted by molar-refractivity contribution is 0.0910. The van der Waals surface area contributed by atoms with Gasteiger partial charge in [0.05, 0.1) is 12.2 Å². The summed E-state index contributed by atoms with van der Waals surface area (Å²) in [6.45, 7) is 2.47. The van der Waals surface area contributed by atoms with Gasteiger partial charge in [0.15, 0.2) is 11.6 Å². The molecule has 1 amide bonds. The molecule has 0 heterocycles. The van der Waals surface area contributed by atoms with E-state index in [0.717, 1.165) is 12.8 Å². The highest BCUT2D eigenvalue weighted by Gasteiger charge is 2.26. The van der Waals surface area contributed by atoms with Crippen molar-refractivity contribution in [1.82, 2.24) is 5.32 Å². The average Bonchev–Trinajstić information content (AvgIpc) is 2.55. The van der Waals surface area contributed by atoms with Gasteiger partial charge in [-0.3, -0.25) is 4.79 Å². The quantitative estimate of drug-likeness (QED) is 0.849. The molecule has 1 fully saturated rings. The fourth-order valence-electron chi connectivity index (χ4n) is 3.13. The van der Waals surface area contributed by atoms with E-state index in [9.17, 15) is 9.18 Å². The molecule has 0 saturated heterocycles. The molecule has 1 aliphatic carbocycles. The van der Waals surface area contributed by atoms with Gasteiger partial charge in [-0.1, -0.05) is 25.3 Å². The molecule has 0 spiro atoms. The number of carbonyl (C=O) groups is 1. The van der Waals surface area contributed by atoms with E-state index in [1.807, 2.05) is 0 Å². The second-order valence-electron chi connectivity index (χ2n) is 5.76. The van der Waals surface area contributed by atoms with Crippen molar-refractivity contribution in [1.29, 1.82) is 0 Å². The third kappa shape index (κ3) is 3.97. The van der Waals surface area contributed by atoms with E-state index in [2.05, 4.69) is 5.32 Å². The number of hydrogen-bond acceptors (Lipinski definition) is 3. The van der Waals surface area contributed by atoms with Crippen molar-refractivity contribution in [2.24, 2.45) is 11.7 Å². The zero-order valence-corrected chi connectivity index (χ0v) is 13.1. The number of para-hydroxylation sites is 1. The number of hydrogen-bond donors (Lipinski definition) is 2. The molecular weight excluding hydrogens is 283 g/mol. The maximum atomic E-state index is 13.8. The summed E-state index contributed by atoms with van der Waals surface area (Å²) in [4.78, 5) is 12.5. The first-order valence-electron chi connectivity index (χ1n) is 8.09. The summed E-state index contributed by atoms with van der Waals surface area (Å²) in [5.74, 6) is -0.408. The molecule has 1 atom stereocenters. The summed E-state index contributed by atoms with van der Waals surface area (Å²) in [5.41, 5.74) is 6.07. The van der Waals surface area contributed by atoms with Crippen LogP contribution in [-0.2, 0) is 0 Å². The molecule has 1 unspecified atom stereocenters. The van der Waals surface area contributed by atoms with Crippen molar-refractivity contribution in [3.8, 4) is 5.75 Å². The van der Waals surface area contributed by atoms with Crippen molar-refractivity contribution in [3.05, 3.63) is 29.6 Å². The zero-order chi connectivity index (χ0) is 15.9. The number of nitrogens with two attached hydrogens (primary N) is 1. The van der Waals surface area contributed by atoms with Gasteiger partial charge in [-0.15, -0.1) is 0 Å². The number of ether oxygens (including phenoxy) is 1. The Hall–Kier alpha value is -1.62. The Morgan fingerprint density at radius 1 is 1.41 bits per heavy atom. The van der Waals surface area contributed by atoms with Crippen LogP contribution in [0.4, 0.5) is 4.39 Å². The van der Waals surface area contributed by atoms with Crippen molar-refractivity contribution in [2.45, 2.75) is 45.1 Å². The first-order chi connectivity index (χ1) is 10.7. The van der Waals surface area contributed by atoms with Crippen molar-refractivity contribution in [2.75, 3.05) is 13.2 Å². The summed E-state index contributed by atoms with van der Waals surface area (Å²) in [5, 5.41) is 2.97. The second-order valence-corrected chi connectivity index (χ2v) is 5.76. The van der Waals surface area contributed by atoms with Crippen LogP contribution in [0, 0.1) is 11.7 Å². The maximum Gasteiger partial charge on any atom is 0.255 e. The second kappa shape index (κ2) is 8.13. The first kappa shape index (κ1) is 16.7. The van der Waals surface area contributed by atoms with Crippen molar-refractivity contribution >= 4 is 5.91 Å². The topological polar surface area (TPSA) is 64.3 Å². The molecule has 122 valence electrons. The molecule has 5 heteroatoms. The minimum Gasteiger partial charge on any atom is -0.490 e. The highest BCUT2D eigenvalue weighted by molar-refractivity contribution is 5.97. The van der Waals surface area contributed by atoms with Gasteiger partial charge in [0.1, 0.15) is 0 Å². The molecule has 1 saturated carbocycles. The van der Waals surface area contributed by atoms with E-state index in [1.54, 1.807) is 13.0 Å². The van der Waals surface area contributed by atoms with E-state index in [-0.39, 0.29) is 23.3 Å². The van der Waals surface area contributed by atoms with Crippen molar-refractivity contribution < 1.29 is 13.9 Å². The highest BCUT2D eigenvalue weighted by atomic mass is 19.1. The van der Waals surface area contributed by atoms with Gasteiger partial charge in [0.2, 0.25) is 0 Å². The Morgan fingerprint density at radius 2 is 2.14 bits per heavy atom. The smallest absolute Gasteiger partial charge is 0.255 e. The van der Waals surface area contributed by atoms with Gasteiger partial charge in [-0.2, -0.15) is 0 Å². The normalized spacial score (nSPS) is 17.0. The third-order valence-electron chi connectivity index (χ3n) is 4.29. The Kier molecular flexibility index (Phi) is 6.19. The zero-order valence-electron chi connectivity index (χ0n) is 13.1. The lowest BCUT2D eigenvalue weighted by Gasteiger charge is -2.30. The fourth-order valence-corrected chi connectivity index (χ4v) is 3.13. The van der Waals surface area contributed by atoms with Gasteiger partial charge in [-0.25, -0.2) is 4.39 Å². The highest BCUT2D eigenvalue weighted by Crippen LogP contribution is 2.27. The van der Waals surface area contributed by atoms with Crippen LogP contribution in [0.5, 0.6) is 5.75 Å². The lowest BCUT2D eigenvalue weighted by atomic mass is 9.84. The number of amides is 1. The summed E-state index contributed by atoms with van der Waals surface area (Å²) in [7, 11) is 0. The minimum atomic E-state index is -0.517. The summed E-state index contributed by atoms with van der Waals surface area (Å²) >= 11 is 0. The Morgan fingerprint density at radius 3 is 2.77 bits per heavy atom. The summed E-state index contributed by atoms with van der Waals surface area (Å²) in [6, 6.07) is 4.33. The first-order valence-corrected chi connectivity index (χ1v) is 8.09. The lowest BCUT2D eigenvalue weighted by Crippen LogP contribution is -2.46. The van der Waals surface area contributed by atoms with Crippen molar-refractivity contribution in [3.63, 3.8) is 0 Å². The number of nitrogens with one attached hydrogen (secondary N) is 1. The molecule has 0 aromatic heterocycles. The van der Waals surface area contributed by atoms with E-state index in [4.69, 9.17) is 10.5 Å². The fraction of sp³-hybridized carbons (Fsp3) is 0.588. The minimum absolute atomic E-state index is 0.0157. The van der Waals surface area contributed by atoms with Gasteiger partial charge >= 0.3 is 0 Å². The molecule has 3 N–H and O–H groups in total. The SMILES string of the molecule is CCOc1c(F)cccc1C(=O)NC(CN)C1CCCCC1. The Labute approximate surface area is 131 Å². The molecular formula is C17H25FN2O2. The number of halogens is 1. The van der Waals surface area contributed by atoms with Gasteiger partial charge in [-0.05, 0) is 37.8 Å². The van der Waals surface area contributed by atoms with Crippen LogP contribution in [0.25, 0.3) is 0 Å². The molecule has 0 bridgehead atoms. The molecule has 4 nitrogen and oxygen atoms in total. The number of rotatable bonds is 6. The van der Waals surface area contributed by atoms with Crippen LogP contribution < -0.4 is 15.8 Å². The molecule has 1 aliphatic rings. The molecule has 0 aliphatic heterocycles. The molecule has 22 heavy (non-hydrogen) atoms. The van der Waals surface area contributed by atoms with Gasteiger partial charge < -0.3 is 15.8 Å². The molecule has 1 aromatic rings. The molecule has 1 aromatic carbocycles. The average molecular weight is 308 g/mol. The standard InChI is InChI=1S/C17H25FN2O2/c1-2-22-16-13(9-6-10-14(16)18)17(21)20-15(11-19)12-7-4-3-5-8-12/h6,9-10,12,15H,2-5,7-8,11,19H2,1H3,(H,20,21). The third-order valence-corrected chi connectivity index (χ3v) is 4.29. The summed E-state index contributed by atoms with van der Waals surface area (Å²) < 4.78 is 19.1. The molecule has 2 rings (SSSR count). The van der Waals surface area contributed by atoms with E-state index < -0.39 is 5.82 Å².